The quantitative estimate of drug-likeness (QED) is 0.0885. The maximum atomic E-state index is 5.79. The van der Waals surface area contributed by atoms with Crippen molar-refractivity contribution >= 4 is 11.4 Å². The average molecular weight is 561 g/mol. The van der Waals surface area contributed by atoms with E-state index >= 15 is 0 Å². The summed E-state index contributed by atoms with van der Waals surface area (Å²) in [5.41, 5.74) is 21.6. The van der Waals surface area contributed by atoms with Crippen molar-refractivity contribution in [1.82, 2.24) is 0 Å². The van der Waals surface area contributed by atoms with E-state index in [9.17, 15) is 0 Å². The monoisotopic (exact) mass is 560 g/mol. The lowest BCUT2D eigenvalue weighted by Gasteiger charge is -2.06. The van der Waals surface area contributed by atoms with Crippen molar-refractivity contribution in [1.29, 1.82) is 0 Å². The molecule has 4 aromatic carbocycles. The van der Waals surface area contributed by atoms with Gasteiger partial charge in [-0.05, 0) is 96.2 Å². The maximum absolute atomic E-state index is 5.79. The summed E-state index contributed by atoms with van der Waals surface area (Å²) in [6.07, 6.45) is 20.9. The number of rotatable bonds is 19. The molecule has 0 saturated heterocycles. The van der Waals surface area contributed by atoms with Crippen LogP contribution >= 0.6 is 0 Å². The fraction of sp³-hybridized carbons (Fsp3) is 0.400. The standard InChI is InChI=1S/C40H52N2/c41-39-27-23-37(24-28-39)31-35-19-15-33(16-20-35)13-11-9-7-5-3-1-2-4-6-8-10-12-14-34-17-21-36(22-18-34)32-38-25-29-40(42)30-26-38/h15-30H,1-14,31-32,41-42H2. The van der Waals surface area contributed by atoms with Crippen LogP contribution in [0.25, 0.3) is 0 Å². The van der Waals surface area contributed by atoms with Gasteiger partial charge in [0.1, 0.15) is 0 Å². The molecule has 0 aromatic heterocycles. The molecule has 0 spiro atoms. The van der Waals surface area contributed by atoms with E-state index in [2.05, 4.69) is 72.8 Å². The first-order valence-corrected chi connectivity index (χ1v) is 16.5. The minimum atomic E-state index is 0.830. The van der Waals surface area contributed by atoms with Crippen LogP contribution in [0.5, 0.6) is 0 Å². The average Bonchev–Trinajstić information content (AvgIpc) is 3.01. The van der Waals surface area contributed by atoms with Crippen LogP contribution in [-0.4, -0.2) is 0 Å². The van der Waals surface area contributed by atoms with E-state index in [-0.39, 0.29) is 0 Å². The number of hydrogen-bond donors (Lipinski definition) is 2. The highest BCUT2D eigenvalue weighted by atomic mass is 14.5. The molecule has 0 heterocycles. The van der Waals surface area contributed by atoms with Crippen LogP contribution in [0.3, 0.4) is 0 Å². The molecular weight excluding hydrogens is 508 g/mol. The summed E-state index contributed by atoms with van der Waals surface area (Å²) in [6, 6.07) is 34.8. The van der Waals surface area contributed by atoms with Crippen molar-refractivity contribution in [2.75, 3.05) is 11.5 Å². The summed E-state index contributed by atoms with van der Waals surface area (Å²) < 4.78 is 0. The smallest absolute Gasteiger partial charge is 0.0314 e. The summed E-state index contributed by atoms with van der Waals surface area (Å²) in [6.45, 7) is 0. The zero-order valence-corrected chi connectivity index (χ0v) is 25.7. The molecule has 4 aromatic rings. The van der Waals surface area contributed by atoms with Gasteiger partial charge >= 0.3 is 0 Å². The van der Waals surface area contributed by atoms with E-state index in [1.807, 2.05) is 24.3 Å². The lowest BCUT2D eigenvalue weighted by atomic mass is 10.00. The summed E-state index contributed by atoms with van der Waals surface area (Å²) in [5.74, 6) is 0. The minimum absolute atomic E-state index is 0.830. The number of nitrogens with two attached hydrogens (primary N) is 2. The maximum Gasteiger partial charge on any atom is 0.0314 e. The van der Waals surface area contributed by atoms with Gasteiger partial charge in [-0.25, -0.2) is 0 Å². The number of anilines is 2. The SMILES string of the molecule is Nc1ccc(Cc2ccc(CCCCCCCCCCCCCCc3ccc(Cc4ccc(N)cc4)cc3)cc2)cc1. The van der Waals surface area contributed by atoms with Gasteiger partial charge in [-0.1, -0.05) is 137 Å². The predicted molar refractivity (Wildman–Crippen MR) is 183 cm³/mol. The fourth-order valence-electron chi connectivity index (χ4n) is 5.82. The second-order valence-corrected chi connectivity index (χ2v) is 12.2. The molecule has 0 aliphatic heterocycles. The molecule has 2 nitrogen and oxygen atoms in total. The Labute approximate surface area is 255 Å². The van der Waals surface area contributed by atoms with Gasteiger partial charge in [0, 0.05) is 11.4 Å². The molecule has 0 saturated carbocycles. The number of aryl methyl sites for hydroxylation is 2. The number of benzene rings is 4. The third kappa shape index (κ3) is 12.1. The second-order valence-electron chi connectivity index (χ2n) is 12.2. The Balaban J connectivity index is 0.928. The highest BCUT2D eigenvalue weighted by molar-refractivity contribution is 5.41. The van der Waals surface area contributed by atoms with E-state index in [1.165, 1.54) is 123 Å². The first-order chi connectivity index (χ1) is 20.6. The third-order valence-corrected chi connectivity index (χ3v) is 8.50. The molecular formula is C40H52N2. The molecule has 4 N–H and O–H groups in total. The largest absolute Gasteiger partial charge is 0.399 e. The van der Waals surface area contributed by atoms with Gasteiger partial charge in [0.15, 0.2) is 0 Å². The van der Waals surface area contributed by atoms with Crippen molar-refractivity contribution in [3.8, 4) is 0 Å². The van der Waals surface area contributed by atoms with Crippen LogP contribution in [-0.2, 0) is 25.7 Å². The molecule has 0 aliphatic rings. The molecule has 4 rings (SSSR count). The van der Waals surface area contributed by atoms with Crippen molar-refractivity contribution in [2.45, 2.75) is 103 Å². The number of nitrogen functional groups attached to an aromatic ring is 2. The first-order valence-electron chi connectivity index (χ1n) is 16.5. The summed E-state index contributed by atoms with van der Waals surface area (Å²) in [5, 5.41) is 0. The summed E-state index contributed by atoms with van der Waals surface area (Å²) >= 11 is 0. The summed E-state index contributed by atoms with van der Waals surface area (Å²) in [7, 11) is 0. The molecule has 0 aliphatic carbocycles. The Kier molecular flexibility index (Phi) is 13.5. The molecule has 42 heavy (non-hydrogen) atoms. The van der Waals surface area contributed by atoms with Crippen LogP contribution in [0, 0.1) is 0 Å². The van der Waals surface area contributed by atoms with Gasteiger partial charge in [0.05, 0.1) is 0 Å². The number of unbranched alkanes of at least 4 members (excludes halogenated alkanes) is 11. The fourth-order valence-corrected chi connectivity index (χ4v) is 5.82. The van der Waals surface area contributed by atoms with E-state index in [1.54, 1.807) is 0 Å². The Bertz CT molecular complexity index is 1150. The van der Waals surface area contributed by atoms with E-state index in [0.717, 1.165) is 24.2 Å². The van der Waals surface area contributed by atoms with Crippen molar-refractivity contribution in [3.63, 3.8) is 0 Å². The number of hydrogen-bond acceptors (Lipinski definition) is 2. The lowest BCUT2D eigenvalue weighted by molar-refractivity contribution is 0.540. The highest BCUT2D eigenvalue weighted by Crippen LogP contribution is 2.17. The molecule has 0 bridgehead atoms. The van der Waals surface area contributed by atoms with Gasteiger partial charge in [-0.3, -0.25) is 0 Å². The zero-order chi connectivity index (χ0) is 29.2. The Morgan fingerprint density at radius 1 is 0.262 bits per heavy atom. The Morgan fingerprint density at radius 2 is 0.476 bits per heavy atom. The molecule has 0 fully saturated rings. The van der Waals surface area contributed by atoms with E-state index in [4.69, 9.17) is 11.5 Å². The van der Waals surface area contributed by atoms with Gasteiger partial charge in [0.2, 0.25) is 0 Å². The molecule has 222 valence electrons. The van der Waals surface area contributed by atoms with Gasteiger partial charge in [0.25, 0.3) is 0 Å². The molecule has 2 heteroatoms. The van der Waals surface area contributed by atoms with Gasteiger partial charge in [-0.15, -0.1) is 0 Å². The molecule has 0 unspecified atom stereocenters. The van der Waals surface area contributed by atoms with Crippen molar-refractivity contribution in [2.24, 2.45) is 0 Å². The predicted octanol–water partition coefficient (Wildman–Crippen LogP) is 10.5. The van der Waals surface area contributed by atoms with E-state index < -0.39 is 0 Å². The summed E-state index contributed by atoms with van der Waals surface area (Å²) in [4.78, 5) is 0. The normalized spacial score (nSPS) is 11.1. The third-order valence-electron chi connectivity index (χ3n) is 8.50. The second kappa shape index (κ2) is 18.1. The highest BCUT2D eigenvalue weighted by Gasteiger charge is 2.01. The lowest BCUT2D eigenvalue weighted by Crippen LogP contribution is -1.92. The Hall–Kier alpha value is -3.52. The molecule has 0 amide bonds. The van der Waals surface area contributed by atoms with Crippen molar-refractivity contribution < 1.29 is 0 Å². The van der Waals surface area contributed by atoms with Crippen LogP contribution in [0.15, 0.2) is 97.1 Å². The van der Waals surface area contributed by atoms with Crippen LogP contribution in [0.2, 0.25) is 0 Å². The van der Waals surface area contributed by atoms with Crippen molar-refractivity contribution in [3.05, 3.63) is 130 Å². The Morgan fingerprint density at radius 3 is 0.762 bits per heavy atom. The van der Waals surface area contributed by atoms with Crippen LogP contribution in [0.1, 0.15) is 110 Å². The zero-order valence-electron chi connectivity index (χ0n) is 25.7. The van der Waals surface area contributed by atoms with E-state index in [0.29, 0.717) is 0 Å². The molecule has 0 atom stereocenters. The van der Waals surface area contributed by atoms with Gasteiger partial charge in [-0.2, -0.15) is 0 Å². The van der Waals surface area contributed by atoms with Gasteiger partial charge < -0.3 is 11.5 Å². The van der Waals surface area contributed by atoms with Crippen LogP contribution in [0.4, 0.5) is 11.4 Å². The topological polar surface area (TPSA) is 52.0 Å². The molecule has 0 radical (unpaired) electrons. The minimum Gasteiger partial charge on any atom is -0.399 e. The first kappa shape index (κ1) is 31.4. The van der Waals surface area contributed by atoms with Crippen LogP contribution < -0.4 is 11.5 Å².